The Morgan fingerprint density at radius 3 is 1.97 bits per heavy atom. The fraction of sp³-hybridized carbons (Fsp3) is 0.750. The molecule has 180 valence electrons. The monoisotopic (exact) mass is 508 g/mol. The zero-order valence-electron chi connectivity index (χ0n) is 20.5. The summed E-state index contributed by atoms with van der Waals surface area (Å²) in [7, 11) is 0. The summed E-state index contributed by atoms with van der Waals surface area (Å²) in [4.78, 5) is 6.74. The van der Waals surface area contributed by atoms with Crippen LogP contribution in [0.15, 0.2) is 30.3 Å². The summed E-state index contributed by atoms with van der Waals surface area (Å²) in [5.74, 6) is 0. The van der Waals surface area contributed by atoms with Crippen LogP contribution in [0.4, 0.5) is 0 Å². The first-order valence-corrected chi connectivity index (χ1v) is 17.1. The Bertz CT molecular complexity index is 701. The van der Waals surface area contributed by atoms with Crippen LogP contribution in [0.2, 0.25) is 5.04 Å². The molecule has 1 aromatic carbocycles. The van der Waals surface area contributed by atoms with E-state index < -0.39 is 11.6 Å². The van der Waals surface area contributed by atoms with E-state index in [0.29, 0.717) is 13.0 Å². The van der Waals surface area contributed by atoms with Crippen molar-refractivity contribution in [1.29, 1.82) is 0 Å². The first-order chi connectivity index (χ1) is 14.0. The van der Waals surface area contributed by atoms with Gasteiger partial charge in [-0.25, -0.2) is 0 Å². The van der Waals surface area contributed by atoms with Crippen molar-refractivity contribution >= 4 is 39.2 Å². The Balaban J connectivity index is 2.22. The Morgan fingerprint density at radius 1 is 0.968 bits per heavy atom. The number of nitrogens with zero attached hydrogens (tertiary/aromatic N) is 1. The van der Waals surface area contributed by atoms with Gasteiger partial charge in [0, 0.05) is 0 Å². The molecule has 7 heteroatoms. The number of halogens is 3. The minimum atomic E-state index is -3.19. The molecule has 0 aromatic heterocycles. The van der Waals surface area contributed by atoms with Crippen molar-refractivity contribution < 1.29 is 9.57 Å². The molecule has 1 saturated heterocycles. The molecule has 1 aliphatic heterocycles. The van der Waals surface area contributed by atoms with E-state index >= 15 is 0 Å². The van der Waals surface area contributed by atoms with E-state index in [-0.39, 0.29) is 22.2 Å². The summed E-state index contributed by atoms with van der Waals surface area (Å²) in [6, 6.07) is 7.12. The van der Waals surface area contributed by atoms with Crippen LogP contribution in [0, 0.1) is 0 Å². The van der Waals surface area contributed by atoms with Gasteiger partial charge in [0.2, 0.25) is 0 Å². The van der Waals surface area contributed by atoms with Gasteiger partial charge in [0.05, 0.1) is 0 Å². The fourth-order valence-electron chi connectivity index (χ4n) is 4.81. The Kier molecular flexibility index (Phi) is 8.68. The van der Waals surface area contributed by atoms with Crippen LogP contribution in [0.25, 0.3) is 0 Å². The first-order valence-electron chi connectivity index (χ1n) is 11.3. The van der Waals surface area contributed by atoms with Crippen LogP contribution in [-0.2, 0) is 9.57 Å². The molecule has 2 rings (SSSR count). The van der Waals surface area contributed by atoms with E-state index in [0.717, 1.165) is 18.4 Å². The Morgan fingerprint density at radius 2 is 1.48 bits per heavy atom. The van der Waals surface area contributed by atoms with Crippen LogP contribution in [0.3, 0.4) is 0 Å². The number of hydrogen-bond acceptors (Lipinski definition) is 3. The van der Waals surface area contributed by atoms with Crippen molar-refractivity contribution in [2.75, 3.05) is 6.61 Å². The van der Waals surface area contributed by atoms with Crippen LogP contribution < -0.4 is 0 Å². The zero-order valence-corrected chi connectivity index (χ0v) is 23.9. The molecule has 31 heavy (non-hydrogen) atoms. The average molecular weight is 510 g/mol. The Labute approximate surface area is 204 Å². The number of hydroxylamine groups is 2. The van der Waals surface area contributed by atoms with E-state index in [1.807, 2.05) is 32.0 Å². The SMILES string of the molecule is CC(C)(CC(C)(C)[SiH-](Cl)(Cl)Cl)OCC(ON1C(C)(C)CCCC1(C)C)c1ccccc1. The predicted molar refractivity (Wildman–Crippen MR) is 138 cm³/mol. The van der Waals surface area contributed by atoms with Crippen LogP contribution in [-0.4, -0.2) is 34.4 Å². The van der Waals surface area contributed by atoms with Crippen molar-refractivity contribution in [3.63, 3.8) is 0 Å². The molecule has 1 aliphatic rings. The minimum absolute atomic E-state index is 0.0471. The van der Waals surface area contributed by atoms with Crippen molar-refractivity contribution in [3.05, 3.63) is 35.9 Å². The summed E-state index contributed by atoms with van der Waals surface area (Å²) in [5.41, 5.74) is 0.562. The molecule has 0 amide bonds. The summed E-state index contributed by atoms with van der Waals surface area (Å²) in [6.07, 6.45) is 3.87. The van der Waals surface area contributed by atoms with Gasteiger partial charge < -0.3 is 0 Å². The first kappa shape index (κ1) is 27.4. The molecule has 1 heterocycles. The molecule has 0 N–H and O–H groups in total. The molecular weight excluding hydrogens is 469 g/mol. The summed E-state index contributed by atoms with van der Waals surface area (Å²) in [6.45, 7) is 17.7. The van der Waals surface area contributed by atoms with Gasteiger partial charge in [-0.15, -0.1) is 0 Å². The van der Waals surface area contributed by atoms with Gasteiger partial charge in [0.1, 0.15) is 0 Å². The number of piperidine rings is 1. The molecule has 1 aromatic rings. The van der Waals surface area contributed by atoms with Gasteiger partial charge in [-0.1, -0.05) is 0 Å². The van der Waals surface area contributed by atoms with Gasteiger partial charge in [0.15, 0.2) is 0 Å². The second-order valence-electron chi connectivity index (χ2n) is 11.6. The van der Waals surface area contributed by atoms with E-state index in [2.05, 4.69) is 58.7 Å². The average Bonchev–Trinajstić information content (AvgIpc) is 2.59. The fourth-order valence-corrected chi connectivity index (χ4v) is 6.23. The molecule has 3 nitrogen and oxygen atoms in total. The second kappa shape index (κ2) is 9.81. The van der Waals surface area contributed by atoms with Gasteiger partial charge in [-0.2, -0.15) is 0 Å². The molecule has 1 atom stereocenters. The van der Waals surface area contributed by atoms with Crippen molar-refractivity contribution in [1.82, 2.24) is 5.06 Å². The zero-order chi connectivity index (χ0) is 23.7. The third-order valence-electron chi connectivity index (χ3n) is 6.47. The van der Waals surface area contributed by atoms with Gasteiger partial charge in [-0.05, 0) is 0 Å². The normalized spacial score (nSPS) is 21.6. The second-order valence-corrected chi connectivity index (χ2v) is 22.2. The van der Waals surface area contributed by atoms with Crippen molar-refractivity contribution in [3.8, 4) is 0 Å². The molecule has 1 fully saturated rings. The molecule has 1 unspecified atom stereocenters. The van der Waals surface area contributed by atoms with Crippen molar-refractivity contribution in [2.45, 2.75) is 109 Å². The van der Waals surface area contributed by atoms with E-state index in [1.54, 1.807) is 0 Å². The van der Waals surface area contributed by atoms with E-state index in [9.17, 15) is 0 Å². The van der Waals surface area contributed by atoms with Crippen LogP contribution >= 0.6 is 33.2 Å². The van der Waals surface area contributed by atoms with E-state index in [4.69, 9.17) is 42.8 Å². The number of ether oxygens (including phenoxy) is 1. The van der Waals surface area contributed by atoms with Crippen LogP contribution in [0.1, 0.15) is 92.7 Å². The molecule has 0 radical (unpaired) electrons. The molecule has 0 bridgehead atoms. The maximum atomic E-state index is 6.74. The van der Waals surface area contributed by atoms with Gasteiger partial charge in [0.25, 0.3) is 0 Å². The molecule has 0 saturated carbocycles. The number of benzene rings is 1. The summed E-state index contributed by atoms with van der Waals surface area (Å²) in [5, 5.41) is 1.83. The molecule has 0 aliphatic carbocycles. The quantitative estimate of drug-likeness (QED) is 0.248. The Hall–Kier alpha value is 0.187. The third kappa shape index (κ3) is 7.33. The number of hydrogen-bond donors (Lipinski definition) is 0. The van der Waals surface area contributed by atoms with Crippen LogP contribution in [0.5, 0.6) is 0 Å². The molecule has 0 spiro atoms. The maximum absolute atomic E-state index is 6.74. The third-order valence-corrected chi connectivity index (χ3v) is 13.8. The topological polar surface area (TPSA) is 21.7 Å². The summed E-state index contributed by atoms with van der Waals surface area (Å²) >= 11 is 19.2. The van der Waals surface area contributed by atoms with Gasteiger partial charge in [-0.3, -0.25) is 0 Å². The van der Waals surface area contributed by atoms with E-state index in [1.165, 1.54) is 6.42 Å². The van der Waals surface area contributed by atoms with Crippen molar-refractivity contribution in [2.24, 2.45) is 0 Å². The summed E-state index contributed by atoms with van der Waals surface area (Å²) < 4.78 is 6.45. The molecular formula is C24H41Cl3NO2Si-. The standard InChI is InChI=1S/C24H41Cl3NO2Si/c1-21(2)15-12-16-22(3,4)28(21)30-20(19-13-10-9-11-14-19)17-29-23(5,6)18-24(7,8)31(25,26)27/h9-11,13-14,20,31H,12,15-18H2,1-8H3/q-1. The van der Waals surface area contributed by atoms with Gasteiger partial charge >= 0.3 is 205 Å². The number of rotatable bonds is 9. The predicted octanol–water partition coefficient (Wildman–Crippen LogP) is 8.06.